The fourth-order valence-corrected chi connectivity index (χ4v) is 5.31. The van der Waals surface area contributed by atoms with Crippen LogP contribution in [0.3, 0.4) is 0 Å². The number of nitrogens with zero attached hydrogens (tertiary/aromatic N) is 1. The lowest BCUT2D eigenvalue weighted by Crippen LogP contribution is -2.38. The maximum absolute atomic E-state index is 13.4. The summed E-state index contributed by atoms with van der Waals surface area (Å²) in [7, 11) is -4.43. The van der Waals surface area contributed by atoms with Crippen molar-refractivity contribution < 1.29 is 26.4 Å². The van der Waals surface area contributed by atoms with E-state index in [1.165, 1.54) is 24.3 Å². The highest BCUT2D eigenvalue weighted by molar-refractivity contribution is 7.92. The Balaban J connectivity index is 2.08. The molecule has 0 unspecified atom stereocenters. The Bertz CT molecular complexity index is 1300. The molecule has 3 rings (SSSR count). The Morgan fingerprint density at radius 3 is 2.12 bits per heavy atom. The van der Waals surface area contributed by atoms with E-state index in [9.17, 15) is 26.4 Å². The molecule has 0 saturated carbocycles. The number of rotatable bonds is 6. The second kappa shape index (κ2) is 9.68. The molecule has 0 aromatic heterocycles. The van der Waals surface area contributed by atoms with Crippen molar-refractivity contribution in [2.75, 3.05) is 16.2 Å². The van der Waals surface area contributed by atoms with Crippen LogP contribution < -0.4 is 9.62 Å². The normalized spacial score (nSPS) is 11.9. The van der Waals surface area contributed by atoms with Crippen LogP contribution in [-0.4, -0.2) is 20.9 Å². The number of sulfonamides is 1. The summed E-state index contributed by atoms with van der Waals surface area (Å²) in [6.45, 7) is 4.69. The van der Waals surface area contributed by atoms with E-state index in [-0.39, 0.29) is 9.92 Å². The molecule has 0 spiro atoms. The minimum Gasteiger partial charge on any atom is -0.324 e. The molecule has 0 aliphatic carbocycles. The molecular formula is C24H22ClF3N2O3S. The highest BCUT2D eigenvalue weighted by Gasteiger charge is 2.34. The Hall–Kier alpha value is -3.04. The molecule has 0 heterocycles. The van der Waals surface area contributed by atoms with E-state index in [1.807, 2.05) is 19.1 Å². The molecular weight excluding hydrogens is 489 g/mol. The number of hydrogen-bond acceptors (Lipinski definition) is 3. The second-order valence-electron chi connectivity index (χ2n) is 7.81. The number of alkyl halides is 3. The summed E-state index contributed by atoms with van der Waals surface area (Å²) in [6, 6.07) is 13.1. The smallest absolute Gasteiger partial charge is 0.324 e. The van der Waals surface area contributed by atoms with Crippen LogP contribution in [0.2, 0.25) is 5.02 Å². The molecule has 0 saturated heterocycles. The van der Waals surface area contributed by atoms with Crippen LogP contribution in [-0.2, 0) is 21.0 Å². The van der Waals surface area contributed by atoms with Gasteiger partial charge in [-0.05, 0) is 62.2 Å². The average molecular weight is 511 g/mol. The van der Waals surface area contributed by atoms with Gasteiger partial charge in [-0.1, -0.05) is 47.5 Å². The monoisotopic (exact) mass is 510 g/mol. The van der Waals surface area contributed by atoms with Crippen LogP contribution in [0.15, 0.2) is 65.6 Å². The van der Waals surface area contributed by atoms with E-state index in [0.29, 0.717) is 16.1 Å². The lowest BCUT2D eigenvalue weighted by Gasteiger charge is -2.26. The molecule has 3 aromatic rings. The molecule has 5 nitrogen and oxygen atoms in total. The summed E-state index contributed by atoms with van der Waals surface area (Å²) in [6.07, 6.45) is -4.74. The first-order valence-electron chi connectivity index (χ1n) is 10.1. The van der Waals surface area contributed by atoms with Gasteiger partial charge in [-0.25, -0.2) is 8.42 Å². The minimum absolute atomic E-state index is 0.195. The van der Waals surface area contributed by atoms with Crippen molar-refractivity contribution in [2.45, 2.75) is 31.8 Å². The first-order valence-corrected chi connectivity index (χ1v) is 11.9. The van der Waals surface area contributed by atoms with Gasteiger partial charge < -0.3 is 5.32 Å². The van der Waals surface area contributed by atoms with Crippen molar-refractivity contribution in [1.29, 1.82) is 0 Å². The van der Waals surface area contributed by atoms with Gasteiger partial charge in [-0.3, -0.25) is 9.10 Å². The molecule has 0 atom stereocenters. The summed E-state index contributed by atoms with van der Waals surface area (Å²) in [5, 5.41) is 2.44. The maximum Gasteiger partial charge on any atom is 0.416 e. The van der Waals surface area contributed by atoms with Crippen LogP contribution in [0, 0.1) is 20.8 Å². The third-order valence-corrected chi connectivity index (χ3v) is 7.20. The molecule has 0 fully saturated rings. The highest BCUT2D eigenvalue weighted by atomic mass is 35.5. The Labute approximate surface area is 201 Å². The van der Waals surface area contributed by atoms with Crippen LogP contribution in [0.5, 0.6) is 0 Å². The molecule has 34 heavy (non-hydrogen) atoms. The number of carbonyl (C=O) groups is 1. The first kappa shape index (κ1) is 25.6. The fraction of sp³-hybridized carbons (Fsp3) is 0.208. The van der Waals surface area contributed by atoms with Crippen molar-refractivity contribution in [2.24, 2.45) is 0 Å². The van der Waals surface area contributed by atoms with Crippen molar-refractivity contribution in [1.82, 2.24) is 0 Å². The number of aryl methyl sites for hydroxylation is 3. The van der Waals surface area contributed by atoms with E-state index >= 15 is 0 Å². The molecule has 3 aromatic carbocycles. The van der Waals surface area contributed by atoms with E-state index in [4.69, 9.17) is 11.6 Å². The number of amides is 1. The van der Waals surface area contributed by atoms with Gasteiger partial charge in [0.2, 0.25) is 5.91 Å². The topological polar surface area (TPSA) is 66.5 Å². The van der Waals surface area contributed by atoms with Crippen molar-refractivity contribution >= 4 is 38.9 Å². The number of nitrogens with one attached hydrogen (secondary N) is 1. The van der Waals surface area contributed by atoms with Gasteiger partial charge in [0.15, 0.2) is 0 Å². The number of anilines is 2. The number of carbonyl (C=O) groups excluding carboxylic acids is 1. The van der Waals surface area contributed by atoms with Crippen LogP contribution >= 0.6 is 11.6 Å². The Morgan fingerprint density at radius 2 is 1.56 bits per heavy atom. The lowest BCUT2D eigenvalue weighted by molar-refractivity contribution is -0.137. The second-order valence-corrected chi connectivity index (χ2v) is 10.1. The molecule has 10 heteroatoms. The Kier molecular flexibility index (Phi) is 7.28. The largest absolute Gasteiger partial charge is 0.416 e. The highest BCUT2D eigenvalue weighted by Crippen LogP contribution is 2.37. The summed E-state index contributed by atoms with van der Waals surface area (Å²) in [5.41, 5.74) is 1.47. The van der Waals surface area contributed by atoms with E-state index in [0.717, 1.165) is 28.8 Å². The summed E-state index contributed by atoms with van der Waals surface area (Å²) in [4.78, 5) is 12.8. The molecule has 0 radical (unpaired) electrons. The SMILES string of the molecule is Cc1cc(C)c(NC(=O)CN(c2cc(C(F)(F)F)ccc2Cl)S(=O)(=O)c2ccccc2)c(C)c1. The standard InChI is InChI=1S/C24H22ClF3N2O3S/c1-15-11-16(2)23(17(3)12-15)29-22(31)14-30(34(32,33)19-7-5-4-6-8-19)21-13-18(24(26,27)28)9-10-20(21)25/h4-13H,14H2,1-3H3,(H,29,31). The summed E-state index contributed by atoms with van der Waals surface area (Å²) in [5.74, 6) is -0.733. The number of halogens is 4. The van der Waals surface area contributed by atoms with Gasteiger partial charge in [0.1, 0.15) is 6.54 Å². The van der Waals surface area contributed by atoms with Crippen LogP contribution in [0.25, 0.3) is 0 Å². The van der Waals surface area contributed by atoms with Crippen molar-refractivity contribution in [3.05, 3.63) is 87.9 Å². The van der Waals surface area contributed by atoms with Gasteiger partial charge in [-0.2, -0.15) is 13.2 Å². The maximum atomic E-state index is 13.4. The molecule has 0 aliphatic rings. The Morgan fingerprint density at radius 1 is 0.971 bits per heavy atom. The summed E-state index contributed by atoms with van der Waals surface area (Å²) < 4.78 is 67.5. The third kappa shape index (κ3) is 5.53. The predicted octanol–water partition coefficient (Wildman–Crippen LogP) is 6.12. The first-order chi connectivity index (χ1) is 15.8. The predicted molar refractivity (Wildman–Crippen MR) is 127 cm³/mol. The average Bonchev–Trinajstić information content (AvgIpc) is 2.75. The quantitative estimate of drug-likeness (QED) is 0.434. The number of benzene rings is 3. The van der Waals surface area contributed by atoms with Gasteiger partial charge in [0, 0.05) is 5.69 Å². The van der Waals surface area contributed by atoms with Gasteiger partial charge in [-0.15, -0.1) is 0 Å². The lowest BCUT2D eigenvalue weighted by atomic mass is 10.1. The van der Waals surface area contributed by atoms with Gasteiger partial charge >= 0.3 is 6.18 Å². The number of hydrogen-bond donors (Lipinski definition) is 1. The minimum atomic E-state index is -4.74. The van der Waals surface area contributed by atoms with Gasteiger partial charge in [0.05, 0.1) is 21.2 Å². The molecule has 0 aliphatic heterocycles. The van der Waals surface area contributed by atoms with Crippen LogP contribution in [0.4, 0.5) is 24.5 Å². The van der Waals surface area contributed by atoms with E-state index < -0.39 is 39.9 Å². The zero-order valence-corrected chi connectivity index (χ0v) is 20.1. The molecule has 1 N–H and O–H groups in total. The summed E-state index contributed by atoms with van der Waals surface area (Å²) >= 11 is 6.14. The zero-order valence-electron chi connectivity index (χ0n) is 18.6. The van der Waals surface area contributed by atoms with Crippen LogP contribution in [0.1, 0.15) is 22.3 Å². The van der Waals surface area contributed by atoms with E-state index in [2.05, 4.69) is 5.32 Å². The zero-order chi connectivity index (χ0) is 25.3. The molecule has 0 bridgehead atoms. The third-order valence-electron chi connectivity index (χ3n) is 5.10. The fourth-order valence-electron chi connectivity index (χ4n) is 3.59. The molecule has 180 valence electrons. The van der Waals surface area contributed by atoms with Gasteiger partial charge in [0.25, 0.3) is 10.0 Å². The van der Waals surface area contributed by atoms with Crippen molar-refractivity contribution in [3.8, 4) is 0 Å². The van der Waals surface area contributed by atoms with E-state index in [1.54, 1.807) is 19.9 Å². The molecule has 1 amide bonds. The van der Waals surface area contributed by atoms with Crippen molar-refractivity contribution in [3.63, 3.8) is 0 Å².